The highest BCUT2D eigenvalue weighted by molar-refractivity contribution is 6.31. The lowest BCUT2D eigenvalue weighted by Gasteiger charge is -2.35. The highest BCUT2D eigenvalue weighted by atomic mass is 35.5. The number of nitrogens with zero attached hydrogens (tertiary/aromatic N) is 1. The van der Waals surface area contributed by atoms with Gasteiger partial charge in [-0.05, 0) is 37.3 Å². The Balaban J connectivity index is 0.00000161. The molecule has 2 heterocycles. The summed E-state index contributed by atoms with van der Waals surface area (Å²) < 4.78 is 0. The fourth-order valence-electron chi connectivity index (χ4n) is 3.48. The van der Waals surface area contributed by atoms with Gasteiger partial charge in [-0.1, -0.05) is 29.8 Å². The van der Waals surface area contributed by atoms with Crippen LogP contribution in [0.2, 0.25) is 5.02 Å². The van der Waals surface area contributed by atoms with Crippen molar-refractivity contribution in [3.63, 3.8) is 0 Å². The summed E-state index contributed by atoms with van der Waals surface area (Å²) in [6, 6.07) is 9.19. The molecule has 2 atom stereocenters. The molecule has 5 heteroatoms. The van der Waals surface area contributed by atoms with E-state index in [1.165, 1.54) is 12.8 Å². The molecule has 1 aromatic carbocycles. The molecule has 1 N–H and O–H groups in total. The molecule has 0 aliphatic carbocycles. The Bertz CT molecular complexity index is 497. The topological polar surface area (TPSA) is 32.3 Å². The van der Waals surface area contributed by atoms with E-state index < -0.39 is 0 Å². The molecule has 21 heavy (non-hydrogen) atoms. The van der Waals surface area contributed by atoms with Crippen LogP contribution < -0.4 is 5.32 Å². The van der Waals surface area contributed by atoms with Gasteiger partial charge in [0.2, 0.25) is 5.91 Å². The summed E-state index contributed by atoms with van der Waals surface area (Å²) in [6.45, 7) is 0. The molecule has 0 radical (unpaired) electrons. The molecule has 0 saturated carbocycles. The Morgan fingerprint density at radius 2 is 1.90 bits per heavy atom. The number of halogens is 2. The Kier molecular flexibility index (Phi) is 5.53. The fraction of sp³-hybridized carbons (Fsp3) is 0.562. The number of nitrogens with one attached hydrogen (secondary N) is 1. The molecule has 2 unspecified atom stereocenters. The number of likely N-dealkylation sites (N-methyl/N-ethyl adjacent to an activating group) is 1. The van der Waals surface area contributed by atoms with Crippen LogP contribution in [0, 0.1) is 0 Å². The molecule has 3 nitrogen and oxygen atoms in total. The maximum absolute atomic E-state index is 12.4. The van der Waals surface area contributed by atoms with Gasteiger partial charge in [0.25, 0.3) is 0 Å². The van der Waals surface area contributed by atoms with Crippen molar-refractivity contribution in [1.29, 1.82) is 0 Å². The Morgan fingerprint density at radius 3 is 2.52 bits per heavy atom. The summed E-state index contributed by atoms with van der Waals surface area (Å²) in [5.74, 6) is 0.171. The standard InChI is InChI=1S/C16H21ClN2O.ClH/c1-19(14-9-12-6-7-13(10-14)18-12)16(20)8-11-4-2-3-5-15(11)17;/h2-5,12-14,18H,6-10H2,1H3;1H. The zero-order valence-electron chi connectivity index (χ0n) is 12.2. The van der Waals surface area contributed by atoms with Crippen LogP contribution in [0.1, 0.15) is 31.2 Å². The van der Waals surface area contributed by atoms with Gasteiger partial charge >= 0.3 is 0 Å². The van der Waals surface area contributed by atoms with Crippen LogP contribution >= 0.6 is 24.0 Å². The summed E-state index contributed by atoms with van der Waals surface area (Å²) in [6.07, 6.45) is 5.08. The molecule has 0 spiro atoms. The number of amides is 1. The lowest BCUT2D eigenvalue weighted by molar-refractivity contribution is -0.131. The smallest absolute Gasteiger partial charge is 0.227 e. The van der Waals surface area contributed by atoms with E-state index in [0.717, 1.165) is 18.4 Å². The van der Waals surface area contributed by atoms with Crippen LogP contribution in [-0.4, -0.2) is 36.0 Å². The van der Waals surface area contributed by atoms with Crippen molar-refractivity contribution in [2.45, 2.75) is 50.2 Å². The SMILES string of the molecule is CN(C(=O)Cc1ccccc1Cl)C1CC2CCC(C1)N2.Cl. The molecule has 2 fully saturated rings. The number of fused-ring (bicyclic) bond motifs is 2. The molecule has 2 saturated heterocycles. The molecular formula is C16H22Cl2N2O. The highest BCUT2D eigenvalue weighted by Crippen LogP contribution is 2.29. The molecule has 116 valence electrons. The van der Waals surface area contributed by atoms with Gasteiger partial charge in [-0.25, -0.2) is 0 Å². The first-order valence-corrected chi connectivity index (χ1v) is 7.76. The van der Waals surface area contributed by atoms with Crippen molar-refractivity contribution in [3.8, 4) is 0 Å². The molecule has 1 amide bonds. The van der Waals surface area contributed by atoms with Gasteiger partial charge in [-0.15, -0.1) is 12.4 Å². The number of benzene rings is 1. The summed E-state index contributed by atoms with van der Waals surface area (Å²) in [5, 5.41) is 4.29. The maximum Gasteiger partial charge on any atom is 0.227 e. The number of piperidine rings is 1. The molecule has 3 rings (SSSR count). The molecule has 1 aromatic rings. The largest absolute Gasteiger partial charge is 0.342 e. The van der Waals surface area contributed by atoms with Gasteiger partial charge in [0.05, 0.1) is 6.42 Å². The normalized spacial score (nSPS) is 27.0. The summed E-state index contributed by atoms with van der Waals surface area (Å²) in [4.78, 5) is 14.4. The third-order valence-electron chi connectivity index (χ3n) is 4.69. The summed E-state index contributed by atoms with van der Waals surface area (Å²) in [5.41, 5.74) is 0.919. The first kappa shape index (κ1) is 16.6. The van der Waals surface area contributed by atoms with Gasteiger partial charge in [-0.3, -0.25) is 4.79 Å². The first-order valence-electron chi connectivity index (χ1n) is 7.38. The Labute approximate surface area is 137 Å². The minimum atomic E-state index is 0. The van der Waals surface area contributed by atoms with Crippen molar-refractivity contribution in [1.82, 2.24) is 10.2 Å². The summed E-state index contributed by atoms with van der Waals surface area (Å²) in [7, 11) is 1.94. The van der Waals surface area contributed by atoms with Crippen LogP contribution in [0.25, 0.3) is 0 Å². The number of hydrogen-bond donors (Lipinski definition) is 1. The molecule has 2 aliphatic heterocycles. The average Bonchev–Trinajstić information content (AvgIpc) is 2.79. The zero-order valence-corrected chi connectivity index (χ0v) is 13.8. The van der Waals surface area contributed by atoms with Crippen LogP contribution in [0.4, 0.5) is 0 Å². The second kappa shape index (κ2) is 6.99. The fourth-order valence-corrected chi connectivity index (χ4v) is 3.68. The van der Waals surface area contributed by atoms with Crippen LogP contribution in [-0.2, 0) is 11.2 Å². The van der Waals surface area contributed by atoms with Crippen molar-refractivity contribution in [2.75, 3.05) is 7.05 Å². The number of hydrogen-bond acceptors (Lipinski definition) is 2. The third kappa shape index (κ3) is 3.71. The van der Waals surface area contributed by atoms with E-state index in [1.807, 2.05) is 36.2 Å². The van der Waals surface area contributed by atoms with E-state index in [1.54, 1.807) is 0 Å². The van der Waals surface area contributed by atoms with Crippen LogP contribution in [0.5, 0.6) is 0 Å². The quantitative estimate of drug-likeness (QED) is 0.924. The lowest BCUT2D eigenvalue weighted by Crippen LogP contribution is -2.49. The molecule has 0 aromatic heterocycles. The van der Waals surface area contributed by atoms with Gasteiger partial charge in [-0.2, -0.15) is 0 Å². The first-order chi connectivity index (χ1) is 9.63. The Morgan fingerprint density at radius 1 is 1.29 bits per heavy atom. The number of rotatable bonds is 3. The van der Waals surface area contributed by atoms with E-state index in [2.05, 4.69) is 5.32 Å². The van der Waals surface area contributed by atoms with Gasteiger partial charge in [0, 0.05) is 30.2 Å². The summed E-state index contributed by atoms with van der Waals surface area (Å²) >= 11 is 6.13. The van der Waals surface area contributed by atoms with E-state index in [-0.39, 0.29) is 18.3 Å². The molecule has 2 bridgehead atoms. The maximum atomic E-state index is 12.4. The molecule has 2 aliphatic rings. The van der Waals surface area contributed by atoms with Crippen molar-refractivity contribution < 1.29 is 4.79 Å². The van der Waals surface area contributed by atoms with Gasteiger partial charge in [0.1, 0.15) is 0 Å². The van der Waals surface area contributed by atoms with Crippen molar-refractivity contribution >= 4 is 29.9 Å². The molecular weight excluding hydrogens is 307 g/mol. The number of carbonyl (C=O) groups is 1. The second-order valence-electron chi connectivity index (χ2n) is 6.04. The number of carbonyl (C=O) groups excluding carboxylic acids is 1. The van der Waals surface area contributed by atoms with Crippen LogP contribution in [0.3, 0.4) is 0 Å². The zero-order chi connectivity index (χ0) is 14.1. The monoisotopic (exact) mass is 328 g/mol. The second-order valence-corrected chi connectivity index (χ2v) is 6.44. The van der Waals surface area contributed by atoms with Crippen molar-refractivity contribution in [3.05, 3.63) is 34.9 Å². The predicted octanol–water partition coefficient (Wildman–Crippen LogP) is 3.05. The average molecular weight is 329 g/mol. The van der Waals surface area contributed by atoms with Crippen LogP contribution in [0.15, 0.2) is 24.3 Å². The lowest BCUT2D eigenvalue weighted by atomic mass is 9.98. The predicted molar refractivity (Wildman–Crippen MR) is 88.1 cm³/mol. The van der Waals surface area contributed by atoms with Gasteiger partial charge in [0.15, 0.2) is 0 Å². The van der Waals surface area contributed by atoms with Crippen molar-refractivity contribution in [2.24, 2.45) is 0 Å². The third-order valence-corrected chi connectivity index (χ3v) is 5.06. The minimum absolute atomic E-state index is 0. The van der Waals surface area contributed by atoms with Gasteiger partial charge < -0.3 is 10.2 Å². The van der Waals surface area contributed by atoms with E-state index in [9.17, 15) is 4.79 Å². The Hall–Kier alpha value is -0.770. The highest BCUT2D eigenvalue weighted by Gasteiger charge is 2.36. The van der Waals surface area contributed by atoms with E-state index in [4.69, 9.17) is 11.6 Å². The van der Waals surface area contributed by atoms with E-state index >= 15 is 0 Å². The van der Waals surface area contributed by atoms with E-state index in [0.29, 0.717) is 29.6 Å². The minimum Gasteiger partial charge on any atom is -0.342 e.